The molecule has 1 aromatic carbocycles. The van der Waals surface area contributed by atoms with Gasteiger partial charge in [-0.15, -0.1) is 0 Å². The number of aromatic nitrogens is 1. The van der Waals surface area contributed by atoms with E-state index >= 15 is 0 Å². The molecule has 0 saturated carbocycles. The smallest absolute Gasteiger partial charge is 0.200 e. The predicted octanol–water partition coefficient (Wildman–Crippen LogP) is 2.92. The molecule has 1 radical (unpaired) electrons. The third-order valence-electron chi connectivity index (χ3n) is 2.15. The van der Waals surface area contributed by atoms with Crippen molar-refractivity contribution in [2.24, 2.45) is 0 Å². The Morgan fingerprint density at radius 3 is 2.59 bits per heavy atom. The summed E-state index contributed by atoms with van der Waals surface area (Å²) in [6, 6.07) is 8.24. The Hall–Kier alpha value is -1.91. The van der Waals surface area contributed by atoms with Crippen molar-refractivity contribution in [2.45, 2.75) is 6.18 Å². The maximum atomic E-state index is 12.9. The van der Waals surface area contributed by atoms with Gasteiger partial charge in [-0.25, -0.2) is 4.39 Å². The minimum absolute atomic E-state index is 0.232. The van der Waals surface area contributed by atoms with Crippen LogP contribution in [0, 0.1) is 11.9 Å². The van der Waals surface area contributed by atoms with E-state index in [1.807, 2.05) is 0 Å². The first kappa shape index (κ1) is 11.6. The molecule has 0 aliphatic carbocycles. The van der Waals surface area contributed by atoms with Crippen molar-refractivity contribution < 1.29 is 22.1 Å². The summed E-state index contributed by atoms with van der Waals surface area (Å²) in [7, 11) is 0. The summed E-state index contributed by atoms with van der Waals surface area (Å²) >= 11 is 0. The molecule has 0 amide bonds. The van der Waals surface area contributed by atoms with Crippen molar-refractivity contribution in [3.05, 3.63) is 60.2 Å². The van der Waals surface area contributed by atoms with Crippen molar-refractivity contribution in [1.82, 2.24) is 0 Å². The quantitative estimate of drug-likeness (QED) is 0.534. The second-order valence-electron chi connectivity index (χ2n) is 3.39. The first-order chi connectivity index (χ1) is 7.97. The van der Waals surface area contributed by atoms with E-state index in [9.17, 15) is 17.6 Å². The second kappa shape index (κ2) is 4.16. The fourth-order valence-electron chi connectivity index (χ4n) is 1.39. The molecule has 1 nitrogen and oxygen atoms in total. The van der Waals surface area contributed by atoms with E-state index in [1.165, 1.54) is 29.0 Å². The molecule has 2 aromatic rings. The van der Waals surface area contributed by atoms with E-state index in [0.717, 1.165) is 18.3 Å². The van der Waals surface area contributed by atoms with E-state index < -0.39 is 17.6 Å². The number of rotatable bonds is 1. The largest absolute Gasteiger partial charge is 0.417 e. The zero-order chi connectivity index (χ0) is 12.5. The van der Waals surface area contributed by atoms with Gasteiger partial charge in [-0.2, -0.15) is 17.7 Å². The average Bonchev–Trinajstić information content (AvgIpc) is 2.28. The number of nitrogens with zero attached hydrogens (tertiary/aromatic N) is 1. The average molecular weight is 241 g/mol. The zero-order valence-corrected chi connectivity index (χ0v) is 8.50. The van der Waals surface area contributed by atoms with Crippen LogP contribution in [0.1, 0.15) is 5.56 Å². The molecule has 0 N–H and O–H groups in total. The molecule has 0 unspecified atom stereocenters. The molecule has 5 heteroatoms. The molecule has 87 valence electrons. The standard InChI is InChI=1S/C12H7F4N/c13-10-4-2-6-17(8-10)11-5-1-3-9(7-11)12(14,15)16/h1-2,4-8H/q+1. The SMILES string of the molecule is Fc1ccc[n+](-c2cc[c]c(C(F)(F)F)c2)c1. The molecular formula is C12H7F4N+. The summed E-state index contributed by atoms with van der Waals surface area (Å²) in [5.41, 5.74) is -0.651. The van der Waals surface area contributed by atoms with E-state index in [4.69, 9.17) is 0 Å². The van der Waals surface area contributed by atoms with Crippen molar-refractivity contribution in [2.75, 3.05) is 0 Å². The van der Waals surface area contributed by atoms with Gasteiger partial charge in [0.15, 0.2) is 12.0 Å². The van der Waals surface area contributed by atoms with Gasteiger partial charge in [0, 0.05) is 18.2 Å². The maximum Gasteiger partial charge on any atom is 0.417 e. The third-order valence-corrected chi connectivity index (χ3v) is 2.15. The maximum absolute atomic E-state index is 12.9. The zero-order valence-electron chi connectivity index (χ0n) is 8.50. The van der Waals surface area contributed by atoms with Crippen LogP contribution >= 0.6 is 0 Å². The first-order valence-electron chi connectivity index (χ1n) is 4.73. The highest BCUT2D eigenvalue weighted by molar-refractivity contribution is 5.29. The molecular weight excluding hydrogens is 234 g/mol. The van der Waals surface area contributed by atoms with E-state index in [0.29, 0.717) is 0 Å². The highest BCUT2D eigenvalue weighted by Crippen LogP contribution is 2.29. The molecule has 0 aliphatic heterocycles. The Labute approximate surface area is 94.9 Å². The minimum atomic E-state index is -4.45. The lowest BCUT2D eigenvalue weighted by Gasteiger charge is -2.05. The van der Waals surface area contributed by atoms with Crippen molar-refractivity contribution in [3.8, 4) is 5.69 Å². The highest BCUT2D eigenvalue weighted by Gasteiger charge is 2.31. The molecule has 0 aliphatic rings. The molecule has 0 atom stereocenters. The summed E-state index contributed by atoms with van der Waals surface area (Å²) in [6.07, 6.45) is -1.88. The molecule has 1 aromatic heterocycles. The van der Waals surface area contributed by atoms with Crippen LogP contribution in [-0.2, 0) is 6.18 Å². The third kappa shape index (κ3) is 2.61. The van der Waals surface area contributed by atoms with Crippen LogP contribution in [0.15, 0.2) is 42.7 Å². The van der Waals surface area contributed by atoms with E-state index in [-0.39, 0.29) is 5.69 Å². The molecule has 2 rings (SSSR count). The second-order valence-corrected chi connectivity index (χ2v) is 3.39. The molecule has 0 fully saturated rings. The van der Waals surface area contributed by atoms with Crippen molar-refractivity contribution in [3.63, 3.8) is 0 Å². The van der Waals surface area contributed by atoms with Gasteiger partial charge in [0.25, 0.3) is 0 Å². The molecule has 0 saturated heterocycles. The number of benzene rings is 1. The Balaban J connectivity index is 2.47. The number of hydrogen-bond donors (Lipinski definition) is 0. The molecule has 1 heterocycles. The lowest BCUT2D eigenvalue weighted by molar-refractivity contribution is -0.597. The van der Waals surface area contributed by atoms with Gasteiger partial charge < -0.3 is 0 Å². The summed E-state index contributed by atoms with van der Waals surface area (Å²) in [5.74, 6) is -0.520. The van der Waals surface area contributed by atoms with Gasteiger partial charge in [-0.3, -0.25) is 0 Å². The predicted molar refractivity (Wildman–Crippen MR) is 51.8 cm³/mol. The van der Waals surface area contributed by atoms with Crippen molar-refractivity contribution in [1.29, 1.82) is 0 Å². The first-order valence-corrected chi connectivity index (χ1v) is 4.73. The molecule has 0 bridgehead atoms. The van der Waals surface area contributed by atoms with Crippen molar-refractivity contribution >= 4 is 0 Å². The summed E-state index contributed by atoms with van der Waals surface area (Å²) in [4.78, 5) is 0. The topological polar surface area (TPSA) is 3.88 Å². The van der Waals surface area contributed by atoms with Crippen LogP contribution in [0.25, 0.3) is 5.69 Å². The number of hydrogen-bond acceptors (Lipinski definition) is 0. The normalized spacial score (nSPS) is 11.5. The number of alkyl halides is 3. The fraction of sp³-hybridized carbons (Fsp3) is 0.0833. The van der Waals surface area contributed by atoms with Crippen LogP contribution in [-0.4, -0.2) is 0 Å². The summed E-state index contributed by atoms with van der Waals surface area (Å²) in [5, 5.41) is 0. The van der Waals surface area contributed by atoms with Crippen LogP contribution < -0.4 is 4.57 Å². The highest BCUT2D eigenvalue weighted by atomic mass is 19.4. The fourth-order valence-corrected chi connectivity index (χ4v) is 1.39. The summed E-state index contributed by atoms with van der Waals surface area (Å²) in [6.45, 7) is 0. The number of pyridine rings is 1. The summed E-state index contributed by atoms with van der Waals surface area (Å²) < 4.78 is 51.6. The monoisotopic (exact) mass is 241 g/mol. The van der Waals surface area contributed by atoms with Gasteiger partial charge in [-0.05, 0) is 18.2 Å². The van der Waals surface area contributed by atoms with Crippen LogP contribution in [0.4, 0.5) is 17.6 Å². The lowest BCUT2D eigenvalue weighted by atomic mass is 10.2. The Morgan fingerprint density at radius 1 is 1.18 bits per heavy atom. The van der Waals surface area contributed by atoms with Crippen LogP contribution in [0.2, 0.25) is 0 Å². The van der Waals surface area contributed by atoms with E-state index in [1.54, 1.807) is 0 Å². The van der Waals surface area contributed by atoms with Gasteiger partial charge in [0.1, 0.15) is 0 Å². The Morgan fingerprint density at radius 2 is 1.94 bits per heavy atom. The Bertz CT molecular complexity index is 534. The van der Waals surface area contributed by atoms with E-state index in [2.05, 4.69) is 6.07 Å². The van der Waals surface area contributed by atoms with Gasteiger partial charge in [0.2, 0.25) is 11.9 Å². The molecule has 17 heavy (non-hydrogen) atoms. The number of halogens is 4. The minimum Gasteiger partial charge on any atom is -0.200 e. The van der Waals surface area contributed by atoms with Gasteiger partial charge in [0.05, 0.1) is 5.56 Å². The van der Waals surface area contributed by atoms with Gasteiger partial charge >= 0.3 is 6.18 Å². The lowest BCUT2D eigenvalue weighted by Crippen LogP contribution is -2.30. The molecule has 0 spiro atoms. The van der Waals surface area contributed by atoms with Gasteiger partial charge in [-0.1, -0.05) is 0 Å². The van der Waals surface area contributed by atoms with Crippen LogP contribution in [0.3, 0.4) is 0 Å². The van der Waals surface area contributed by atoms with Crippen LogP contribution in [0.5, 0.6) is 0 Å². The Kier molecular flexibility index (Phi) is 2.83.